The SMILES string of the molecule is CCc1cc(Br)ccc1Nc1cc2c(cc1N)OCCO2. The molecule has 0 spiro atoms. The topological polar surface area (TPSA) is 56.5 Å². The van der Waals surface area contributed by atoms with E-state index in [0.717, 1.165) is 28.0 Å². The lowest BCUT2D eigenvalue weighted by molar-refractivity contribution is 0.172. The fraction of sp³-hybridized carbons (Fsp3) is 0.250. The van der Waals surface area contributed by atoms with Crippen LogP contribution in [0.25, 0.3) is 0 Å². The molecule has 1 heterocycles. The number of ether oxygens (including phenoxy) is 2. The van der Waals surface area contributed by atoms with Gasteiger partial charge >= 0.3 is 0 Å². The Kier molecular flexibility index (Phi) is 3.92. The smallest absolute Gasteiger partial charge is 0.163 e. The zero-order valence-corrected chi connectivity index (χ0v) is 13.4. The summed E-state index contributed by atoms with van der Waals surface area (Å²) in [5.41, 5.74) is 9.85. The molecule has 3 N–H and O–H groups in total. The van der Waals surface area contributed by atoms with Crippen molar-refractivity contribution in [2.24, 2.45) is 0 Å². The van der Waals surface area contributed by atoms with E-state index in [4.69, 9.17) is 15.2 Å². The van der Waals surface area contributed by atoms with Gasteiger partial charge in [-0.2, -0.15) is 0 Å². The molecule has 0 fully saturated rings. The van der Waals surface area contributed by atoms with Crippen molar-refractivity contribution in [1.29, 1.82) is 0 Å². The Morgan fingerprint density at radius 2 is 1.81 bits per heavy atom. The van der Waals surface area contributed by atoms with Gasteiger partial charge in [-0.1, -0.05) is 22.9 Å². The maximum absolute atomic E-state index is 6.11. The molecule has 21 heavy (non-hydrogen) atoms. The number of fused-ring (bicyclic) bond motifs is 1. The molecule has 0 amide bonds. The van der Waals surface area contributed by atoms with Crippen LogP contribution >= 0.6 is 15.9 Å². The van der Waals surface area contributed by atoms with E-state index in [9.17, 15) is 0 Å². The van der Waals surface area contributed by atoms with Gasteiger partial charge in [-0.3, -0.25) is 0 Å². The first-order valence-electron chi connectivity index (χ1n) is 6.92. The van der Waals surface area contributed by atoms with Gasteiger partial charge in [0, 0.05) is 22.3 Å². The van der Waals surface area contributed by atoms with Crippen molar-refractivity contribution in [3.8, 4) is 11.5 Å². The summed E-state index contributed by atoms with van der Waals surface area (Å²) in [4.78, 5) is 0. The maximum Gasteiger partial charge on any atom is 0.163 e. The third kappa shape index (κ3) is 2.93. The van der Waals surface area contributed by atoms with Crippen molar-refractivity contribution in [3.05, 3.63) is 40.4 Å². The molecule has 0 radical (unpaired) electrons. The van der Waals surface area contributed by atoms with Gasteiger partial charge in [0.2, 0.25) is 0 Å². The minimum Gasteiger partial charge on any atom is -0.486 e. The van der Waals surface area contributed by atoms with Crippen LogP contribution in [0.15, 0.2) is 34.8 Å². The highest BCUT2D eigenvalue weighted by atomic mass is 79.9. The summed E-state index contributed by atoms with van der Waals surface area (Å²) in [5, 5.41) is 3.39. The second-order valence-corrected chi connectivity index (χ2v) is 5.78. The lowest BCUT2D eigenvalue weighted by Gasteiger charge is -2.21. The first-order chi connectivity index (χ1) is 10.2. The summed E-state index contributed by atoms with van der Waals surface area (Å²) in [6, 6.07) is 9.86. The van der Waals surface area contributed by atoms with E-state index in [-0.39, 0.29) is 0 Å². The molecule has 1 aliphatic heterocycles. The molecule has 0 atom stereocenters. The first kappa shape index (κ1) is 14.1. The summed E-state index contributed by atoms with van der Waals surface area (Å²) < 4.78 is 12.2. The van der Waals surface area contributed by atoms with Crippen molar-refractivity contribution in [3.63, 3.8) is 0 Å². The number of rotatable bonds is 3. The molecule has 110 valence electrons. The van der Waals surface area contributed by atoms with Crippen LogP contribution in [0.2, 0.25) is 0 Å². The van der Waals surface area contributed by atoms with Gasteiger partial charge in [0.05, 0.1) is 11.4 Å². The van der Waals surface area contributed by atoms with Crippen LogP contribution in [0.3, 0.4) is 0 Å². The predicted octanol–water partition coefficient (Wildman–Crippen LogP) is 4.11. The van der Waals surface area contributed by atoms with Gasteiger partial charge in [0.15, 0.2) is 11.5 Å². The first-order valence-corrected chi connectivity index (χ1v) is 7.71. The van der Waals surface area contributed by atoms with E-state index < -0.39 is 0 Å². The molecular formula is C16H17BrN2O2. The van der Waals surface area contributed by atoms with Crippen molar-refractivity contribution in [2.45, 2.75) is 13.3 Å². The van der Waals surface area contributed by atoms with Crippen molar-refractivity contribution in [2.75, 3.05) is 24.3 Å². The van der Waals surface area contributed by atoms with E-state index in [1.54, 1.807) is 6.07 Å². The Morgan fingerprint density at radius 3 is 2.52 bits per heavy atom. The van der Waals surface area contributed by atoms with E-state index in [1.807, 2.05) is 18.2 Å². The Bertz CT molecular complexity index is 674. The average Bonchev–Trinajstić information content (AvgIpc) is 2.49. The number of halogens is 1. The molecule has 0 unspecified atom stereocenters. The van der Waals surface area contributed by atoms with Crippen LogP contribution in [-0.4, -0.2) is 13.2 Å². The third-order valence-electron chi connectivity index (χ3n) is 3.43. The number of hydrogen-bond donors (Lipinski definition) is 2. The van der Waals surface area contributed by atoms with Gasteiger partial charge in [0.25, 0.3) is 0 Å². The number of aryl methyl sites for hydroxylation is 1. The van der Waals surface area contributed by atoms with Gasteiger partial charge in [0.1, 0.15) is 13.2 Å². The van der Waals surface area contributed by atoms with Crippen LogP contribution in [0.4, 0.5) is 17.1 Å². The number of benzene rings is 2. The highest BCUT2D eigenvalue weighted by Crippen LogP contribution is 2.38. The number of nitrogen functional groups attached to an aromatic ring is 1. The van der Waals surface area contributed by atoms with E-state index >= 15 is 0 Å². The third-order valence-corrected chi connectivity index (χ3v) is 3.93. The average molecular weight is 349 g/mol. The fourth-order valence-electron chi connectivity index (χ4n) is 2.33. The maximum atomic E-state index is 6.11. The van der Waals surface area contributed by atoms with Crippen LogP contribution in [0.5, 0.6) is 11.5 Å². The van der Waals surface area contributed by atoms with Crippen LogP contribution in [0, 0.1) is 0 Å². The summed E-state index contributed by atoms with van der Waals surface area (Å²) >= 11 is 3.50. The molecule has 3 rings (SSSR count). The van der Waals surface area contributed by atoms with Gasteiger partial charge < -0.3 is 20.5 Å². The number of anilines is 3. The molecule has 0 saturated heterocycles. The number of hydrogen-bond acceptors (Lipinski definition) is 4. The summed E-state index contributed by atoms with van der Waals surface area (Å²) in [6.07, 6.45) is 0.937. The number of nitrogens with one attached hydrogen (secondary N) is 1. The van der Waals surface area contributed by atoms with Crippen molar-refractivity contribution < 1.29 is 9.47 Å². The van der Waals surface area contributed by atoms with Crippen LogP contribution in [0.1, 0.15) is 12.5 Å². The lowest BCUT2D eigenvalue weighted by atomic mass is 10.1. The molecule has 2 aromatic carbocycles. The quantitative estimate of drug-likeness (QED) is 0.819. The molecule has 0 saturated carbocycles. The highest BCUT2D eigenvalue weighted by Gasteiger charge is 2.15. The molecule has 5 heteroatoms. The second-order valence-electron chi connectivity index (χ2n) is 4.86. The standard InChI is InChI=1S/C16H17BrN2O2/c1-2-10-7-11(17)3-4-13(10)19-14-9-16-15(8-12(14)18)20-5-6-21-16/h3-4,7-9,19H,2,5-6,18H2,1H3. The van der Waals surface area contributed by atoms with Crippen LogP contribution in [-0.2, 0) is 6.42 Å². The fourth-order valence-corrected chi connectivity index (χ4v) is 2.74. The molecule has 0 bridgehead atoms. The molecule has 1 aliphatic rings. The highest BCUT2D eigenvalue weighted by molar-refractivity contribution is 9.10. The monoisotopic (exact) mass is 348 g/mol. The molecular weight excluding hydrogens is 332 g/mol. The Balaban J connectivity index is 1.94. The molecule has 0 aliphatic carbocycles. The Hall–Kier alpha value is -1.88. The zero-order chi connectivity index (χ0) is 14.8. The van der Waals surface area contributed by atoms with E-state index in [1.165, 1.54) is 5.56 Å². The van der Waals surface area contributed by atoms with Gasteiger partial charge in [-0.25, -0.2) is 0 Å². The summed E-state index contributed by atoms with van der Waals surface area (Å²) in [7, 11) is 0. The zero-order valence-electron chi connectivity index (χ0n) is 11.8. The van der Waals surface area contributed by atoms with Crippen molar-refractivity contribution >= 4 is 33.0 Å². The molecule has 0 aromatic heterocycles. The lowest BCUT2D eigenvalue weighted by Crippen LogP contribution is -2.15. The number of nitrogens with two attached hydrogens (primary N) is 1. The van der Waals surface area contributed by atoms with Gasteiger partial charge in [-0.15, -0.1) is 0 Å². The predicted molar refractivity (Wildman–Crippen MR) is 88.6 cm³/mol. The van der Waals surface area contributed by atoms with E-state index in [2.05, 4.69) is 34.2 Å². The summed E-state index contributed by atoms with van der Waals surface area (Å²) in [6.45, 7) is 3.25. The molecule has 2 aromatic rings. The Morgan fingerprint density at radius 1 is 1.10 bits per heavy atom. The minimum absolute atomic E-state index is 0.561. The normalized spacial score (nSPS) is 13.0. The summed E-state index contributed by atoms with van der Waals surface area (Å²) in [5.74, 6) is 1.43. The largest absolute Gasteiger partial charge is 0.486 e. The van der Waals surface area contributed by atoms with E-state index in [0.29, 0.717) is 24.7 Å². The minimum atomic E-state index is 0.561. The molecule has 4 nitrogen and oxygen atoms in total. The van der Waals surface area contributed by atoms with Crippen molar-refractivity contribution in [1.82, 2.24) is 0 Å². The van der Waals surface area contributed by atoms with Crippen LogP contribution < -0.4 is 20.5 Å². The van der Waals surface area contributed by atoms with Gasteiger partial charge in [-0.05, 0) is 30.2 Å². The second kappa shape index (κ2) is 5.85. The Labute approximate surface area is 132 Å².